The van der Waals surface area contributed by atoms with Gasteiger partial charge in [-0.25, -0.2) is 0 Å². The average molecular weight is 247 g/mol. The van der Waals surface area contributed by atoms with Crippen LogP contribution in [0.2, 0.25) is 0 Å². The lowest BCUT2D eigenvalue weighted by atomic mass is 10.00. The molecule has 0 aliphatic rings. The molecule has 0 bridgehead atoms. The van der Waals surface area contributed by atoms with Gasteiger partial charge in [-0.2, -0.15) is 0 Å². The van der Waals surface area contributed by atoms with Crippen molar-refractivity contribution in [2.75, 3.05) is 7.05 Å². The summed E-state index contributed by atoms with van der Waals surface area (Å²) in [6.45, 7) is 2.28. The van der Waals surface area contributed by atoms with Gasteiger partial charge in [-0.15, -0.1) is 0 Å². The van der Waals surface area contributed by atoms with Gasteiger partial charge in [-0.3, -0.25) is 0 Å². The van der Waals surface area contributed by atoms with Crippen LogP contribution in [0.4, 0.5) is 0 Å². The smallest absolute Gasteiger partial charge is 0.0317 e. The number of unbranched alkanes of at least 4 members (excludes halogenated alkanes) is 6. The Balaban J connectivity index is 2.13. The van der Waals surface area contributed by atoms with Gasteiger partial charge in [0.05, 0.1) is 0 Å². The molecule has 0 heterocycles. The molecule has 1 N–H and O–H groups in total. The molecule has 0 fully saturated rings. The zero-order valence-corrected chi connectivity index (χ0v) is 12.1. The first-order valence-electron chi connectivity index (χ1n) is 7.60. The quantitative estimate of drug-likeness (QED) is 0.568. The molecule has 1 nitrogen and oxygen atoms in total. The molecule has 102 valence electrons. The van der Waals surface area contributed by atoms with E-state index in [0.717, 1.165) is 0 Å². The summed E-state index contributed by atoms with van der Waals surface area (Å²) in [4.78, 5) is 0. The van der Waals surface area contributed by atoms with Crippen molar-refractivity contribution in [3.05, 3.63) is 35.9 Å². The molecule has 0 aliphatic carbocycles. The van der Waals surface area contributed by atoms with Crippen LogP contribution in [0.25, 0.3) is 0 Å². The van der Waals surface area contributed by atoms with Gasteiger partial charge in [-0.05, 0) is 19.0 Å². The maximum atomic E-state index is 3.43. The second kappa shape index (κ2) is 10.1. The Morgan fingerprint density at radius 2 is 1.50 bits per heavy atom. The van der Waals surface area contributed by atoms with Crippen molar-refractivity contribution in [1.82, 2.24) is 5.32 Å². The third-order valence-electron chi connectivity index (χ3n) is 3.65. The lowest BCUT2D eigenvalue weighted by Crippen LogP contribution is -2.16. The van der Waals surface area contributed by atoms with Crippen molar-refractivity contribution in [2.24, 2.45) is 0 Å². The minimum Gasteiger partial charge on any atom is -0.313 e. The molecular formula is C17H29N. The van der Waals surface area contributed by atoms with Crippen LogP contribution in [0.3, 0.4) is 0 Å². The summed E-state index contributed by atoms with van der Waals surface area (Å²) in [7, 11) is 2.07. The normalized spacial score (nSPS) is 12.6. The summed E-state index contributed by atoms with van der Waals surface area (Å²) in [5.41, 5.74) is 1.42. The third-order valence-corrected chi connectivity index (χ3v) is 3.65. The van der Waals surface area contributed by atoms with E-state index in [0.29, 0.717) is 6.04 Å². The largest absolute Gasteiger partial charge is 0.313 e. The van der Waals surface area contributed by atoms with Crippen molar-refractivity contribution in [3.63, 3.8) is 0 Å². The fraction of sp³-hybridized carbons (Fsp3) is 0.647. The zero-order chi connectivity index (χ0) is 13.1. The molecule has 1 rings (SSSR count). The van der Waals surface area contributed by atoms with Crippen LogP contribution in [0.15, 0.2) is 30.3 Å². The van der Waals surface area contributed by atoms with Gasteiger partial charge in [0.2, 0.25) is 0 Å². The Hall–Kier alpha value is -0.820. The number of benzene rings is 1. The highest BCUT2D eigenvalue weighted by Crippen LogP contribution is 2.19. The predicted molar refractivity (Wildman–Crippen MR) is 80.9 cm³/mol. The Morgan fingerprint density at radius 3 is 2.11 bits per heavy atom. The van der Waals surface area contributed by atoms with Crippen molar-refractivity contribution in [3.8, 4) is 0 Å². The number of hydrogen-bond acceptors (Lipinski definition) is 1. The molecule has 0 amide bonds. The molecular weight excluding hydrogens is 218 g/mol. The number of nitrogens with one attached hydrogen (secondary N) is 1. The maximum absolute atomic E-state index is 3.43. The first-order valence-corrected chi connectivity index (χ1v) is 7.60. The van der Waals surface area contributed by atoms with E-state index in [-0.39, 0.29) is 0 Å². The molecule has 0 saturated carbocycles. The van der Waals surface area contributed by atoms with Gasteiger partial charge in [-0.1, -0.05) is 82.2 Å². The molecule has 1 atom stereocenters. The van der Waals surface area contributed by atoms with Crippen molar-refractivity contribution in [1.29, 1.82) is 0 Å². The highest BCUT2D eigenvalue weighted by molar-refractivity contribution is 5.18. The van der Waals surface area contributed by atoms with E-state index < -0.39 is 0 Å². The summed E-state index contributed by atoms with van der Waals surface area (Å²) in [5, 5.41) is 3.43. The molecule has 0 aliphatic heterocycles. The first kappa shape index (κ1) is 15.2. The van der Waals surface area contributed by atoms with E-state index in [9.17, 15) is 0 Å². The van der Waals surface area contributed by atoms with E-state index in [2.05, 4.69) is 49.6 Å². The van der Waals surface area contributed by atoms with Crippen LogP contribution in [0, 0.1) is 0 Å². The van der Waals surface area contributed by atoms with E-state index in [4.69, 9.17) is 0 Å². The van der Waals surface area contributed by atoms with Gasteiger partial charge in [0.1, 0.15) is 0 Å². The van der Waals surface area contributed by atoms with Gasteiger partial charge >= 0.3 is 0 Å². The molecule has 0 aromatic heterocycles. The van der Waals surface area contributed by atoms with Crippen LogP contribution in [-0.2, 0) is 0 Å². The average Bonchev–Trinajstić information content (AvgIpc) is 2.43. The molecule has 1 unspecified atom stereocenters. The summed E-state index contributed by atoms with van der Waals surface area (Å²) in [5.74, 6) is 0. The molecule has 1 aromatic carbocycles. The summed E-state index contributed by atoms with van der Waals surface area (Å²) >= 11 is 0. The second-order valence-electron chi connectivity index (χ2n) is 5.16. The lowest BCUT2D eigenvalue weighted by Gasteiger charge is -2.16. The highest BCUT2D eigenvalue weighted by atomic mass is 14.9. The van der Waals surface area contributed by atoms with Gasteiger partial charge < -0.3 is 5.32 Å². The zero-order valence-electron chi connectivity index (χ0n) is 12.1. The topological polar surface area (TPSA) is 12.0 Å². The van der Waals surface area contributed by atoms with Crippen molar-refractivity contribution < 1.29 is 0 Å². The summed E-state index contributed by atoms with van der Waals surface area (Å²) in [6, 6.07) is 11.3. The Kier molecular flexibility index (Phi) is 8.58. The molecule has 0 saturated heterocycles. The van der Waals surface area contributed by atoms with Gasteiger partial charge in [0, 0.05) is 6.04 Å². The SMILES string of the molecule is CCCCCCCCCC(NC)c1ccccc1. The fourth-order valence-electron chi connectivity index (χ4n) is 2.47. The first-order chi connectivity index (χ1) is 8.88. The Bertz CT molecular complexity index is 281. The summed E-state index contributed by atoms with van der Waals surface area (Å²) < 4.78 is 0. The minimum absolute atomic E-state index is 0.529. The Morgan fingerprint density at radius 1 is 0.889 bits per heavy atom. The maximum Gasteiger partial charge on any atom is 0.0317 e. The van der Waals surface area contributed by atoms with Crippen molar-refractivity contribution >= 4 is 0 Å². The van der Waals surface area contributed by atoms with Crippen LogP contribution in [0.1, 0.15) is 69.9 Å². The molecule has 1 heteroatoms. The number of hydrogen-bond donors (Lipinski definition) is 1. The Labute approximate surface area is 113 Å². The van der Waals surface area contributed by atoms with Crippen LogP contribution >= 0.6 is 0 Å². The van der Waals surface area contributed by atoms with Gasteiger partial charge in [0.25, 0.3) is 0 Å². The van der Waals surface area contributed by atoms with E-state index in [1.54, 1.807) is 0 Å². The lowest BCUT2D eigenvalue weighted by molar-refractivity contribution is 0.496. The molecule has 0 spiro atoms. The van der Waals surface area contributed by atoms with Crippen LogP contribution < -0.4 is 5.32 Å². The van der Waals surface area contributed by atoms with E-state index in [1.807, 2.05) is 0 Å². The highest BCUT2D eigenvalue weighted by Gasteiger charge is 2.07. The van der Waals surface area contributed by atoms with E-state index in [1.165, 1.54) is 56.9 Å². The van der Waals surface area contributed by atoms with Gasteiger partial charge in [0.15, 0.2) is 0 Å². The number of rotatable bonds is 10. The third kappa shape index (κ3) is 6.20. The fourth-order valence-corrected chi connectivity index (χ4v) is 2.47. The summed E-state index contributed by atoms with van der Waals surface area (Å²) in [6.07, 6.45) is 11.0. The minimum atomic E-state index is 0.529. The second-order valence-corrected chi connectivity index (χ2v) is 5.16. The molecule has 0 radical (unpaired) electrons. The van der Waals surface area contributed by atoms with E-state index >= 15 is 0 Å². The molecule has 1 aromatic rings. The standard InChI is InChI=1S/C17H29N/c1-3-4-5-6-7-8-12-15-17(18-2)16-13-10-9-11-14-16/h9-11,13-14,17-18H,3-8,12,15H2,1-2H3. The molecule has 18 heavy (non-hydrogen) atoms. The van der Waals surface area contributed by atoms with Crippen molar-refractivity contribution in [2.45, 2.75) is 64.3 Å². The van der Waals surface area contributed by atoms with Crippen LogP contribution in [-0.4, -0.2) is 7.05 Å². The predicted octanol–water partition coefficient (Wildman–Crippen LogP) is 5.09. The van der Waals surface area contributed by atoms with Crippen LogP contribution in [0.5, 0.6) is 0 Å². The monoisotopic (exact) mass is 247 g/mol.